The smallest absolute Gasteiger partial charge is 0.330 e. The summed E-state index contributed by atoms with van der Waals surface area (Å²) >= 11 is 0. The third-order valence-electron chi connectivity index (χ3n) is 3.22. The van der Waals surface area contributed by atoms with Crippen LogP contribution >= 0.6 is 0 Å². The first-order valence-electron chi connectivity index (χ1n) is 5.79. The molecule has 0 spiro atoms. The number of hydrogen-bond acceptors (Lipinski definition) is 2. The normalized spacial score (nSPS) is 18.7. The lowest BCUT2D eigenvalue weighted by Crippen LogP contribution is -2.33. The average Bonchev–Trinajstić information content (AvgIpc) is 2.71. The van der Waals surface area contributed by atoms with Crippen LogP contribution in [-0.2, 0) is 4.79 Å². The lowest BCUT2D eigenvalue weighted by molar-refractivity contribution is -0.132. The number of carboxylic acids is 1. The summed E-state index contributed by atoms with van der Waals surface area (Å²) in [5.74, 6) is -0.808. The molecule has 1 aliphatic carbocycles. The van der Waals surface area contributed by atoms with E-state index in [1.165, 1.54) is 25.7 Å². The van der Waals surface area contributed by atoms with E-state index in [1.807, 2.05) is 6.08 Å². The van der Waals surface area contributed by atoms with Crippen molar-refractivity contribution in [1.29, 1.82) is 0 Å². The Kier molecular flexibility index (Phi) is 4.82. The summed E-state index contributed by atoms with van der Waals surface area (Å²) in [6.07, 6.45) is 7.01. The van der Waals surface area contributed by atoms with Gasteiger partial charge in [0.25, 0.3) is 0 Å². The molecule has 0 aromatic carbocycles. The molecule has 1 fully saturated rings. The first-order chi connectivity index (χ1) is 7.15. The van der Waals surface area contributed by atoms with Gasteiger partial charge >= 0.3 is 5.97 Å². The van der Waals surface area contributed by atoms with Crippen LogP contribution in [0.2, 0.25) is 0 Å². The highest BCUT2D eigenvalue weighted by Crippen LogP contribution is 2.23. The van der Waals surface area contributed by atoms with Crippen molar-refractivity contribution in [3.63, 3.8) is 0 Å². The largest absolute Gasteiger partial charge is 0.478 e. The fraction of sp³-hybridized carbons (Fsp3) is 0.750. The van der Waals surface area contributed by atoms with Gasteiger partial charge in [-0.15, -0.1) is 0 Å². The SMILES string of the molecule is CCN(CC=C(C)C(=O)O)C1CCCC1. The van der Waals surface area contributed by atoms with E-state index in [0.29, 0.717) is 11.6 Å². The van der Waals surface area contributed by atoms with Gasteiger partial charge in [-0.1, -0.05) is 25.8 Å². The van der Waals surface area contributed by atoms with Crippen LogP contribution in [0.3, 0.4) is 0 Å². The van der Waals surface area contributed by atoms with E-state index < -0.39 is 5.97 Å². The molecular formula is C12H21NO2. The molecule has 1 saturated carbocycles. The van der Waals surface area contributed by atoms with Crippen LogP contribution in [-0.4, -0.2) is 35.1 Å². The molecule has 3 heteroatoms. The highest BCUT2D eigenvalue weighted by Gasteiger charge is 2.20. The predicted octanol–water partition coefficient (Wildman–Crippen LogP) is 2.28. The van der Waals surface area contributed by atoms with Gasteiger partial charge in [-0.05, 0) is 26.3 Å². The van der Waals surface area contributed by atoms with Crippen LogP contribution < -0.4 is 0 Å². The highest BCUT2D eigenvalue weighted by atomic mass is 16.4. The number of carbonyl (C=O) groups is 1. The average molecular weight is 211 g/mol. The molecule has 0 bridgehead atoms. The third kappa shape index (κ3) is 3.67. The molecule has 0 atom stereocenters. The Labute approximate surface area is 91.8 Å². The Morgan fingerprint density at radius 2 is 2.07 bits per heavy atom. The van der Waals surface area contributed by atoms with Crippen LogP contribution in [0.4, 0.5) is 0 Å². The zero-order chi connectivity index (χ0) is 11.3. The van der Waals surface area contributed by atoms with Crippen molar-refractivity contribution in [2.24, 2.45) is 0 Å². The van der Waals surface area contributed by atoms with Gasteiger partial charge in [0, 0.05) is 18.2 Å². The van der Waals surface area contributed by atoms with E-state index in [-0.39, 0.29) is 0 Å². The molecule has 0 aromatic rings. The van der Waals surface area contributed by atoms with Gasteiger partial charge in [-0.25, -0.2) is 4.79 Å². The summed E-state index contributed by atoms with van der Waals surface area (Å²) in [7, 11) is 0. The standard InChI is InChI=1S/C12H21NO2/c1-3-13(11-6-4-5-7-11)9-8-10(2)12(14)15/h8,11H,3-7,9H2,1-2H3,(H,14,15). The molecule has 86 valence electrons. The minimum Gasteiger partial charge on any atom is -0.478 e. The van der Waals surface area contributed by atoms with E-state index in [1.54, 1.807) is 6.92 Å². The molecule has 0 aromatic heterocycles. The molecule has 0 radical (unpaired) electrons. The monoisotopic (exact) mass is 211 g/mol. The number of rotatable bonds is 5. The fourth-order valence-corrected chi connectivity index (χ4v) is 2.15. The Bertz CT molecular complexity index is 242. The minimum atomic E-state index is -0.808. The Morgan fingerprint density at radius 1 is 1.47 bits per heavy atom. The summed E-state index contributed by atoms with van der Waals surface area (Å²) in [5, 5.41) is 8.75. The highest BCUT2D eigenvalue weighted by molar-refractivity contribution is 5.85. The van der Waals surface area contributed by atoms with E-state index in [2.05, 4.69) is 11.8 Å². The van der Waals surface area contributed by atoms with Crippen molar-refractivity contribution in [2.45, 2.75) is 45.6 Å². The number of likely N-dealkylation sites (N-methyl/N-ethyl adjacent to an activating group) is 1. The zero-order valence-electron chi connectivity index (χ0n) is 9.70. The Balaban J connectivity index is 2.46. The van der Waals surface area contributed by atoms with Crippen molar-refractivity contribution in [2.75, 3.05) is 13.1 Å². The molecular weight excluding hydrogens is 190 g/mol. The van der Waals surface area contributed by atoms with Crippen LogP contribution in [0.1, 0.15) is 39.5 Å². The topological polar surface area (TPSA) is 40.5 Å². The first kappa shape index (κ1) is 12.2. The van der Waals surface area contributed by atoms with Crippen molar-refractivity contribution in [3.05, 3.63) is 11.6 Å². The second kappa shape index (κ2) is 5.91. The zero-order valence-corrected chi connectivity index (χ0v) is 9.70. The summed E-state index contributed by atoms with van der Waals surface area (Å²) in [6.45, 7) is 5.58. The molecule has 1 N–H and O–H groups in total. The minimum absolute atomic E-state index is 0.450. The van der Waals surface area contributed by atoms with Crippen LogP contribution in [0.15, 0.2) is 11.6 Å². The molecule has 1 rings (SSSR count). The van der Waals surface area contributed by atoms with Crippen molar-refractivity contribution < 1.29 is 9.90 Å². The van der Waals surface area contributed by atoms with Crippen LogP contribution in [0.25, 0.3) is 0 Å². The second-order valence-corrected chi connectivity index (χ2v) is 4.22. The van der Waals surface area contributed by atoms with Gasteiger partial charge in [0.15, 0.2) is 0 Å². The maximum absolute atomic E-state index is 10.6. The van der Waals surface area contributed by atoms with Gasteiger partial charge in [0.1, 0.15) is 0 Å². The molecule has 0 unspecified atom stereocenters. The van der Waals surface area contributed by atoms with Crippen molar-refractivity contribution in [1.82, 2.24) is 4.90 Å². The van der Waals surface area contributed by atoms with E-state index in [4.69, 9.17) is 5.11 Å². The van der Waals surface area contributed by atoms with Gasteiger partial charge in [-0.2, -0.15) is 0 Å². The van der Waals surface area contributed by atoms with Crippen LogP contribution in [0.5, 0.6) is 0 Å². The molecule has 1 aliphatic rings. The van der Waals surface area contributed by atoms with Gasteiger partial charge in [0.05, 0.1) is 0 Å². The maximum Gasteiger partial charge on any atom is 0.330 e. The molecule has 15 heavy (non-hydrogen) atoms. The van der Waals surface area contributed by atoms with Gasteiger partial charge in [0.2, 0.25) is 0 Å². The summed E-state index contributed by atoms with van der Waals surface area (Å²) in [6, 6.07) is 0.674. The van der Waals surface area contributed by atoms with E-state index in [0.717, 1.165) is 13.1 Å². The fourth-order valence-electron chi connectivity index (χ4n) is 2.15. The third-order valence-corrected chi connectivity index (χ3v) is 3.22. The molecule has 0 amide bonds. The first-order valence-corrected chi connectivity index (χ1v) is 5.79. The number of carboxylic acid groups (broad SMARTS) is 1. The number of hydrogen-bond donors (Lipinski definition) is 1. The summed E-state index contributed by atoms with van der Waals surface area (Å²) < 4.78 is 0. The number of nitrogens with zero attached hydrogens (tertiary/aromatic N) is 1. The van der Waals surface area contributed by atoms with Crippen LogP contribution in [0, 0.1) is 0 Å². The summed E-state index contributed by atoms with van der Waals surface area (Å²) in [4.78, 5) is 13.0. The van der Waals surface area contributed by atoms with Crippen molar-refractivity contribution >= 4 is 5.97 Å². The maximum atomic E-state index is 10.6. The lowest BCUT2D eigenvalue weighted by Gasteiger charge is -2.26. The molecule has 3 nitrogen and oxygen atoms in total. The summed E-state index contributed by atoms with van der Waals surface area (Å²) in [5.41, 5.74) is 0.450. The molecule has 0 heterocycles. The quantitative estimate of drug-likeness (QED) is 0.709. The van der Waals surface area contributed by atoms with Gasteiger partial charge in [-0.3, -0.25) is 4.90 Å². The molecule has 0 aliphatic heterocycles. The van der Waals surface area contributed by atoms with Crippen molar-refractivity contribution in [3.8, 4) is 0 Å². The lowest BCUT2D eigenvalue weighted by atomic mass is 10.2. The predicted molar refractivity (Wildman–Crippen MR) is 60.9 cm³/mol. The molecule has 0 saturated heterocycles. The van der Waals surface area contributed by atoms with Gasteiger partial charge < -0.3 is 5.11 Å². The number of aliphatic carboxylic acids is 1. The Hall–Kier alpha value is -0.830. The van der Waals surface area contributed by atoms with E-state index in [9.17, 15) is 4.79 Å². The van der Waals surface area contributed by atoms with E-state index >= 15 is 0 Å². The Morgan fingerprint density at radius 3 is 2.53 bits per heavy atom. The second-order valence-electron chi connectivity index (χ2n) is 4.22.